The third-order valence-corrected chi connectivity index (χ3v) is 4.45. The monoisotopic (exact) mass is 278 g/mol. The summed E-state index contributed by atoms with van der Waals surface area (Å²) in [5, 5.41) is 9.24. The molecule has 20 heavy (non-hydrogen) atoms. The molecule has 0 bridgehead atoms. The van der Waals surface area contributed by atoms with Crippen LogP contribution in [-0.4, -0.2) is 20.6 Å². The molecule has 2 rings (SSSR count). The van der Waals surface area contributed by atoms with Gasteiger partial charge in [0.1, 0.15) is 0 Å². The summed E-state index contributed by atoms with van der Waals surface area (Å²) < 4.78 is 1.71. The van der Waals surface area contributed by atoms with Crippen LogP contribution in [0.1, 0.15) is 62.0 Å². The van der Waals surface area contributed by atoms with Crippen molar-refractivity contribution in [2.75, 3.05) is 0 Å². The van der Waals surface area contributed by atoms with E-state index in [9.17, 15) is 14.7 Å². The van der Waals surface area contributed by atoms with Crippen LogP contribution in [0.3, 0.4) is 0 Å². The van der Waals surface area contributed by atoms with Gasteiger partial charge in [-0.05, 0) is 46.0 Å². The van der Waals surface area contributed by atoms with Crippen molar-refractivity contribution in [1.82, 2.24) is 9.55 Å². The van der Waals surface area contributed by atoms with Gasteiger partial charge in [-0.25, -0.2) is 4.79 Å². The third kappa shape index (κ3) is 2.49. The third-order valence-electron chi connectivity index (χ3n) is 4.45. The Bertz CT molecular complexity index is 592. The second kappa shape index (κ2) is 5.38. The van der Waals surface area contributed by atoms with Gasteiger partial charge in [0.15, 0.2) is 0 Å². The van der Waals surface area contributed by atoms with Crippen LogP contribution >= 0.6 is 0 Å². The lowest BCUT2D eigenvalue weighted by molar-refractivity contribution is -0.138. The summed E-state index contributed by atoms with van der Waals surface area (Å²) >= 11 is 0. The zero-order valence-electron chi connectivity index (χ0n) is 12.5. The summed E-state index contributed by atoms with van der Waals surface area (Å²) in [5.41, 5.74) is 1.72. The zero-order chi connectivity index (χ0) is 15.0. The van der Waals surface area contributed by atoms with Crippen LogP contribution in [0.4, 0.5) is 0 Å². The molecule has 3 unspecified atom stereocenters. The number of aliphatic carboxylic acids is 1. The lowest BCUT2D eigenvalue weighted by Gasteiger charge is -2.22. The molecule has 1 saturated carbocycles. The van der Waals surface area contributed by atoms with Crippen LogP contribution in [0, 0.1) is 19.8 Å². The van der Waals surface area contributed by atoms with E-state index in [2.05, 4.69) is 11.9 Å². The number of aryl methyl sites for hydroxylation is 1. The molecule has 5 heteroatoms. The largest absolute Gasteiger partial charge is 0.481 e. The second-order valence-corrected chi connectivity index (χ2v) is 5.98. The predicted molar refractivity (Wildman–Crippen MR) is 76.1 cm³/mol. The number of hydrogen-bond donors (Lipinski definition) is 1. The van der Waals surface area contributed by atoms with E-state index in [4.69, 9.17) is 0 Å². The lowest BCUT2D eigenvalue weighted by Crippen LogP contribution is -2.31. The molecule has 1 aromatic heterocycles. The van der Waals surface area contributed by atoms with Crippen molar-refractivity contribution in [3.05, 3.63) is 27.4 Å². The van der Waals surface area contributed by atoms with Crippen molar-refractivity contribution in [2.24, 2.45) is 5.92 Å². The fourth-order valence-corrected chi connectivity index (χ4v) is 3.38. The van der Waals surface area contributed by atoms with E-state index in [0.29, 0.717) is 17.2 Å². The molecule has 5 nitrogen and oxygen atoms in total. The van der Waals surface area contributed by atoms with Gasteiger partial charge >= 0.3 is 11.7 Å². The second-order valence-electron chi connectivity index (χ2n) is 5.98. The Labute approximate surface area is 118 Å². The highest BCUT2D eigenvalue weighted by Gasteiger charge is 2.28. The number of carbonyl (C=O) groups is 1. The fourth-order valence-electron chi connectivity index (χ4n) is 3.38. The number of rotatable bonds is 3. The first kappa shape index (κ1) is 14.8. The summed E-state index contributed by atoms with van der Waals surface area (Å²) in [6, 6.07) is 0.158. The maximum absolute atomic E-state index is 12.2. The Kier molecular flexibility index (Phi) is 3.97. The molecule has 0 aliphatic heterocycles. The molecule has 0 radical (unpaired) electrons. The van der Waals surface area contributed by atoms with E-state index in [0.717, 1.165) is 25.0 Å². The summed E-state index contributed by atoms with van der Waals surface area (Å²) in [5.74, 6) is -0.927. The molecule has 1 aliphatic rings. The minimum Gasteiger partial charge on any atom is -0.481 e. The van der Waals surface area contributed by atoms with Gasteiger partial charge in [-0.1, -0.05) is 6.92 Å². The molecule has 1 heterocycles. The van der Waals surface area contributed by atoms with Crippen LogP contribution in [0.2, 0.25) is 0 Å². The zero-order valence-corrected chi connectivity index (χ0v) is 12.5. The van der Waals surface area contributed by atoms with Gasteiger partial charge in [0.25, 0.3) is 0 Å². The van der Waals surface area contributed by atoms with Crippen LogP contribution in [0.15, 0.2) is 4.79 Å². The van der Waals surface area contributed by atoms with Gasteiger partial charge in [0, 0.05) is 23.0 Å². The Balaban J connectivity index is 2.56. The van der Waals surface area contributed by atoms with Gasteiger partial charge < -0.3 is 5.11 Å². The van der Waals surface area contributed by atoms with Gasteiger partial charge in [-0.3, -0.25) is 9.36 Å². The number of carboxylic acid groups (broad SMARTS) is 1. The quantitative estimate of drug-likeness (QED) is 0.921. The van der Waals surface area contributed by atoms with Gasteiger partial charge in [-0.15, -0.1) is 0 Å². The molecule has 110 valence electrons. The Hall–Kier alpha value is -1.65. The molecule has 0 saturated heterocycles. The fraction of sp³-hybridized carbons (Fsp3) is 0.667. The maximum Gasteiger partial charge on any atom is 0.348 e. The highest BCUT2D eigenvalue weighted by Crippen LogP contribution is 2.35. The summed E-state index contributed by atoms with van der Waals surface area (Å²) in [7, 11) is 0. The van der Waals surface area contributed by atoms with E-state index in [-0.39, 0.29) is 11.7 Å². The Morgan fingerprint density at radius 3 is 2.55 bits per heavy atom. The highest BCUT2D eigenvalue weighted by molar-refractivity contribution is 5.76. The van der Waals surface area contributed by atoms with Crippen molar-refractivity contribution >= 4 is 5.97 Å². The summed E-state index contributed by atoms with van der Waals surface area (Å²) in [6.07, 6.45) is 3.04. The average Bonchev–Trinajstić information content (AvgIpc) is 2.74. The standard InChI is InChI=1S/C15H22N2O3/c1-8-5-6-12(7-8)17-11(4)13(9(2)14(18)19)10(3)16-15(17)20/h8-9,12H,5-7H2,1-4H3,(H,18,19). The molecule has 1 N–H and O–H groups in total. The van der Waals surface area contributed by atoms with Crippen molar-refractivity contribution in [3.8, 4) is 0 Å². The van der Waals surface area contributed by atoms with Crippen molar-refractivity contribution in [3.63, 3.8) is 0 Å². The number of aromatic nitrogens is 2. The van der Waals surface area contributed by atoms with Gasteiger partial charge in [-0.2, -0.15) is 4.98 Å². The molecule has 0 spiro atoms. The lowest BCUT2D eigenvalue weighted by atomic mass is 9.97. The highest BCUT2D eigenvalue weighted by atomic mass is 16.4. The van der Waals surface area contributed by atoms with Crippen molar-refractivity contribution < 1.29 is 9.90 Å². The topological polar surface area (TPSA) is 72.2 Å². The van der Waals surface area contributed by atoms with Crippen LogP contribution in [0.25, 0.3) is 0 Å². The van der Waals surface area contributed by atoms with Gasteiger partial charge in [0.05, 0.1) is 5.92 Å². The predicted octanol–water partition coefficient (Wildman–Crippen LogP) is 2.41. The van der Waals surface area contributed by atoms with Crippen LogP contribution in [0.5, 0.6) is 0 Å². The van der Waals surface area contributed by atoms with E-state index in [1.165, 1.54) is 0 Å². The number of carboxylic acids is 1. The Morgan fingerprint density at radius 1 is 1.40 bits per heavy atom. The molecular weight excluding hydrogens is 256 g/mol. The van der Waals surface area contributed by atoms with Crippen molar-refractivity contribution in [1.29, 1.82) is 0 Å². The number of hydrogen-bond acceptors (Lipinski definition) is 3. The molecule has 0 aromatic carbocycles. The normalized spacial score (nSPS) is 23.8. The molecule has 3 atom stereocenters. The van der Waals surface area contributed by atoms with Crippen LogP contribution < -0.4 is 5.69 Å². The first-order valence-electron chi connectivity index (χ1n) is 7.15. The molecular formula is C15H22N2O3. The van der Waals surface area contributed by atoms with E-state index >= 15 is 0 Å². The minimum absolute atomic E-state index is 0.158. The minimum atomic E-state index is -0.886. The smallest absolute Gasteiger partial charge is 0.348 e. The molecule has 1 aromatic rings. The first-order chi connectivity index (χ1) is 9.32. The summed E-state index contributed by atoms with van der Waals surface area (Å²) in [4.78, 5) is 27.5. The molecule has 1 aliphatic carbocycles. The molecule has 0 amide bonds. The molecule has 1 fully saturated rings. The SMILES string of the molecule is Cc1nc(=O)n(C2CCC(C)C2)c(C)c1C(C)C(=O)O. The average molecular weight is 278 g/mol. The van der Waals surface area contributed by atoms with E-state index in [1.54, 1.807) is 18.4 Å². The Morgan fingerprint density at radius 2 is 2.05 bits per heavy atom. The summed E-state index contributed by atoms with van der Waals surface area (Å²) in [6.45, 7) is 7.38. The van der Waals surface area contributed by atoms with Crippen LogP contribution in [-0.2, 0) is 4.79 Å². The van der Waals surface area contributed by atoms with Crippen molar-refractivity contribution in [2.45, 2.75) is 58.9 Å². The maximum atomic E-state index is 12.2. The van der Waals surface area contributed by atoms with Gasteiger partial charge in [0.2, 0.25) is 0 Å². The van der Waals surface area contributed by atoms with E-state index in [1.807, 2.05) is 6.92 Å². The number of nitrogens with zero attached hydrogens (tertiary/aromatic N) is 2. The first-order valence-corrected chi connectivity index (χ1v) is 7.15. The van der Waals surface area contributed by atoms with E-state index < -0.39 is 11.9 Å².